The number of aryl methyl sites for hydroxylation is 1. The molecule has 1 aromatic carbocycles. The fourth-order valence-electron chi connectivity index (χ4n) is 3.55. The number of hydrogen-bond donors (Lipinski definition) is 0. The summed E-state index contributed by atoms with van der Waals surface area (Å²) in [6, 6.07) is 4.21. The van der Waals surface area contributed by atoms with Gasteiger partial charge in [-0.2, -0.15) is 4.98 Å². The average molecular weight is 389 g/mol. The largest absolute Gasteiger partial charge is 0.478 e. The third-order valence-electron chi connectivity index (χ3n) is 4.74. The van der Waals surface area contributed by atoms with Gasteiger partial charge in [-0.1, -0.05) is 6.92 Å². The number of benzene rings is 1. The molecule has 1 aromatic heterocycles. The quantitative estimate of drug-likeness (QED) is 0.706. The lowest BCUT2D eigenvalue weighted by atomic mass is 10.0. The lowest BCUT2D eigenvalue weighted by Gasteiger charge is -2.20. The molecule has 0 N–H and O–H groups in total. The van der Waals surface area contributed by atoms with Crippen molar-refractivity contribution in [3.63, 3.8) is 0 Å². The Morgan fingerprint density at radius 1 is 1.25 bits per heavy atom. The molecule has 2 aromatic rings. The minimum atomic E-state index is -0.653. The van der Waals surface area contributed by atoms with Crippen LogP contribution in [0.25, 0.3) is 11.4 Å². The molecule has 7 heteroatoms. The van der Waals surface area contributed by atoms with Crippen LogP contribution in [0, 0.1) is 24.5 Å². The number of hydrogen-bond acceptors (Lipinski definition) is 5. The molecule has 1 atom stereocenters. The van der Waals surface area contributed by atoms with Crippen LogP contribution in [-0.2, 0) is 4.79 Å². The van der Waals surface area contributed by atoms with E-state index in [2.05, 4.69) is 9.97 Å². The van der Waals surface area contributed by atoms with E-state index in [1.54, 1.807) is 24.8 Å². The van der Waals surface area contributed by atoms with Crippen LogP contribution < -0.4 is 9.64 Å². The van der Waals surface area contributed by atoms with E-state index in [4.69, 9.17) is 4.74 Å². The van der Waals surface area contributed by atoms with E-state index in [-0.39, 0.29) is 28.8 Å². The lowest BCUT2D eigenvalue weighted by molar-refractivity contribution is -0.117. The van der Waals surface area contributed by atoms with E-state index in [1.807, 2.05) is 6.92 Å². The maximum absolute atomic E-state index is 14.8. The molecule has 0 radical (unpaired) electrons. The molecule has 3 rings (SSSR count). The Balaban J connectivity index is 1.86. The molecular weight excluding hydrogens is 364 g/mol. The first-order chi connectivity index (χ1) is 13.4. The molecule has 0 spiro atoms. The Morgan fingerprint density at radius 2 is 1.96 bits per heavy atom. The molecule has 2 heterocycles. The van der Waals surface area contributed by atoms with Gasteiger partial charge in [0.05, 0.1) is 6.61 Å². The fraction of sp³-hybridized carbons (Fsp3) is 0.476. The Bertz CT molecular complexity index is 850. The van der Waals surface area contributed by atoms with Crippen molar-refractivity contribution in [1.29, 1.82) is 0 Å². The summed E-state index contributed by atoms with van der Waals surface area (Å²) in [4.78, 5) is 21.6. The van der Waals surface area contributed by atoms with Gasteiger partial charge < -0.3 is 14.4 Å². The predicted molar refractivity (Wildman–Crippen MR) is 104 cm³/mol. The maximum atomic E-state index is 14.8. The van der Waals surface area contributed by atoms with Crippen molar-refractivity contribution in [3.8, 4) is 17.3 Å². The van der Waals surface area contributed by atoms with Crippen molar-refractivity contribution in [2.45, 2.75) is 40.0 Å². The Labute approximate surface area is 163 Å². The summed E-state index contributed by atoms with van der Waals surface area (Å²) in [6.45, 7) is 6.82. The van der Waals surface area contributed by atoms with Crippen LogP contribution in [0.5, 0.6) is 5.88 Å². The molecule has 1 unspecified atom stereocenters. The highest BCUT2D eigenvalue weighted by Gasteiger charge is 2.28. The number of nitrogens with zero attached hydrogens (tertiary/aromatic N) is 3. The second kappa shape index (κ2) is 8.63. The molecule has 1 fully saturated rings. The molecule has 0 amide bonds. The summed E-state index contributed by atoms with van der Waals surface area (Å²) < 4.78 is 35.1. The number of ether oxygens (including phenoxy) is 1. The summed E-state index contributed by atoms with van der Waals surface area (Å²) in [5.74, 6) is -0.457. The van der Waals surface area contributed by atoms with Gasteiger partial charge in [0.25, 0.3) is 0 Å². The highest BCUT2D eigenvalue weighted by Crippen LogP contribution is 2.33. The molecular formula is C21H25F2N3O2. The topological polar surface area (TPSA) is 55.3 Å². The number of carbonyl (C=O) groups is 1. The molecule has 1 saturated heterocycles. The second-order valence-corrected chi connectivity index (χ2v) is 7.31. The van der Waals surface area contributed by atoms with Gasteiger partial charge in [-0.05, 0) is 44.7 Å². The van der Waals surface area contributed by atoms with Crippen molar-refractivity contribution < 1.29 is 18.3 Å². The van der Waals surface area contributed by atoms with Crippen LogP contribution in [0.4, 0.5) is 14.5 Å². The third-order valence-corrected chi connectivity index (χ3v) is 4.74. The second-order valence-electron chi connectivity index (χ2n) is 7.31. The SMILES string of the molecule is CCCOc1cc(C)nc(-c2cc(F)c(N3CCC(CC(C)=O)C3)c(F)c2)n1. The number of anilines is 1. The van der Waals surface area contributed by atoms with Crippen LogP contribution in [0.3, 0.4) is 0 Å². The molecule has 5 nitrogen and oxygen atoms in total. The third kappa shape index (κ3) is 4.64. The Kier molecular flexibility index (Phi) is 6.21. The summed E-state index contributed by atoms with van der Waals surface area (Å²) >= 11 is 0. The van der Waals surface area contributed by atoms with E-state index in [9.17, 15) is 13.6 Å². The zero-order valence-electron chi connectivity index (χ0n) is 16.5. The van der Waals surface area contributed by atoms with E-state index >= 15 is 0 Å². The lowest BCUT2D eigenvalue weighted by Crippen LogP contribution is -2.22. The van der Waals surface area contributed by atoms with Crippen molar-refractivity contribution >= 4 is 11.5 Å². The van der Waals surface area contributed by atoms with Crippen LogP contribution >= 0.6 is 0 Å². The zero-order chi connectivity index (χ0) is 20.3. The monoisotopic (exact) mass is 389 g/mol. The Hall–Kier alpha value is -2.57. The van der Waals surface area contributed by atoms with E-state index in [0.717, 1.165) is 12.8 Å². The van der Waals surface area contributed by atoms with Crippen molar-refractivity contribution in [2.75, 3.05) is 24.6 Å². The molecule has 0 aliphatic carbocycles. The Morgan fingerprint density at radius 3 is 2.61 bits per heavy atom. The van der Waals surface area contributed by atoms with Gasteiger partial charge in [0.1, 0.15) is 23.1 Å². The van der Waals surface area contributed by atoms with Crippen molar-refractivity contribution in [2.24, 2.45) is 5.92 Å². The van der Waals surface area contributed by atoms with Crippen molar-refractivity contribution in [1.82, 2.24) is 9.97 Å². The first-order valence-electron chi connectivity index (χ1n) is 9.59. The molecule has 0 bridgehead atoms. The van der Waals surface area contributed by atoms with E-state index in [1.165, 1.54) is 12.1 Å². The van der Waals surface area contributed by atoms with Crippen LogP contribution in [-0.4, -0.2) is 35.4 Å². The summed E-state index contributed by atoms with van der Waals surface area (Å²) in [7, 11) is 0. The van der Waals surface area contributed by atoms with Gasteiger partial charge in [0, 0.05) is 36.8 Å². The number of carbonyl (C=O) groups excluding carboxylic acids is 1. The first kappa shape index (κ1) is 20.2. The minimum Gasteiger partial charge on any atom is -0.478 e. The van der Waals surface area contributed by atoms with Gasteiger partial charge in [0.15, 0.2) is 5.82 Å². The van der Waals surface area contributed by atoms with Gasteiger partial charge >= 0.3 is 0 Å². The minimum absolute atomic E-state index is 0.0510. The normalized spacial score (nSPS) is 16.5. The van der Waals surface area contributed by atoms with Crippen LogP contribution in [0.2, 0.25) is 0 Å². The highest BCUT2D eigenvalue weighted by molar-refractivity contribution is 5.76. The molecule has 1 aliphatic rings. The number of Topliss-reactive ketones (excluding diaryl/α,β-unsaturated/α-hetero) is 1. The van der Waals surface area contributed by atoms with Crippen LogP contribution in [0.1, 0.15) is 38.8 Å². The average Bonchev–Trinajstić information content (AvgIpc) is 3.06. The molecule has 0 saturated carbocycles. The van der Waals surface area contributed by atoms with Crippen molar-refractivity contribution in [3.05, 3.63) is 35.5 Å². The zero-order valence-corrected chi connectivity index (χ0v) is 16.5. The number of rotatable bonds is 7. The smallest absolute Gasteiger partial charge is 0.217 e. The number of halogens is 2. The standard InChI is InChI=1S/C21H25F2N3O2/c1-4-7-28-19-8-13(2)24-21(25-19)16-10-17(22)20(18(23)11-16)26-6-5-15(12-26)9-14(3)27/h8,10-11,15H,4-7,9,12H2,1-3H3. The fourth-order valence-corrected chi connectivity index (χ4v) is 3.55. The molecule has 150 valence electrons. The summed E-state index contributed by atoms with van der Waals surface area (Å²) in [5.41, 5.74) is 0.876. The van der Waals surface area contributed by atoms with E-state index in [0.29, 0.717) is 37.7 Å². The molecule has 1 aliphatic heterocycles. The predicted octanol–water partition coefficient (Wildman–Crippen LogP) is 4.32. The first-order valence-corrected chi connectivity index (χ1v) is 9.59. The number of ketones is 1. The van der Waals surface area contributed by atoms with Crippen LogP contribution in [0.15, 0.2) is 18.2 Å². The van der Waals surface area contributed by atoms with Gasteiger partial charge in [-0.15, -0.1) is 0 Å². The molecule has 28 heavy (non-hydrogen) atoms. The summed E-state index contributed by atoms with van der Waals surface area (Å²) in [6.07, 6.45) is 2.02. The number of aromatic nitrogens is 2. The van der Waals surface area contributed by atoms with Gasteiger partial charge in [0.2, 0.25) is 5.88 Å². The van der Waals surface area contributed by atoms with Gasteiger partial charge in [-0.25, -0.2) is 13.8 Å². The summed E-state index contributed by atoms with van der Waals surface area (Å²) in [5, 5.41) is 0. The van der Waals surface area contributed by atoms with E-state index < -0.39 is 11.6 Å². The maximum Gasteiger partial charge on any atom is 0.217 e. The van der Waals surface area contributed by atoms with Gasteiger partial charge in [-0.3, -0.25) is 0 Å². The highest BCUT2D eigenvalue weighted by atomic mass is 19.1.